The highest BCUT2D eigenvalue weighted by Gasteiger charge is 2.07. The summed E-state index contributed by atoms with van der Waals surface area (Å²) >= 11 is 8.41. The van der Waals surface area contributed by atoms with Gasteiger partial charge in [0.25, 0.3) is 0 Å². The summed E-state index contributed by atoms with van der Waals surface area (Å²) in [5, 5.41) is 2.99. The van der Waals surface area contributed by atoms with Crippen LogP contribution in [0.25, 0.3) is 10.1 Å². The first-order valence-electron chi connectivity index (χ1n) is 3.54. The Balaban J connectivity index is 2.92. The van der Waals surface area contributed by atoms with Crippen LogP contribution in [-0.2, 0) is 0 Å². The Hall–Kier alpha value is -0.190. The van der Waals surface area contributed by atoms with E-state index in [-0.39, 0.29) is 0 Å². The fourth-order valence-electron chi connectivity index (χ4n) is 1.22. The second-order valence-corrected chi connectivity index (χ2v) is 5.25. The molecule has 66 valence electrons. The molecule has 0 atom stereocenters. The van der Waals surface area contributed by atoms with Crippen LogP contribution >= 0.6 is 43.2 Å². The minimum atomic E-state index is 0.720. The van der Waals surface area contributed by atoms with Crippen LogP contribution in [0.1, 0.15) is 10.4 Å². The van der Waals surface area contributed by atoms with Gasteiger partial charge in [-0.2, -0.15) is 0 Å². The summed E-state index contributed by atoms with van der Waals surface area (Å²) in [5.74, 6) is 0. The van der Waals surface area contributed by atoms with Crippen molar-refractivity contribution in [1.82, 2.24) is 0 Å². The normalized spacial score (nSPS) is 10.6. The summed E-state index contributed by atoms with van der Waals surface area (Å²) in [4.78, 5) is 10.8. The van der Waals surface area contributed by atoms with Crippen LogP contribution in [-0.4, -0.2) is 6.29 Å². The second-order valence-electron chi connectivity index (χ2n) is 2.57. The third-order valence-electron chi connectivity index (χ3n) is 1.75. The van der Waals surface area contributed by atoms with Gasteiger partial charge in [-0.1, -0.05) is 15.9 Å². The standard InChI is InChI=1S/C9H4Br2OS/c10-6-1-5(3-12)9-7(11)4-13-8(9)2-6/h1-4H. The van der Waals surface area contributed by atoms with Crippen molar-refractivity contribution in [2.24, 2.45) is 0 Å². The van der Waals surface area contributed by atoms with Crippen molar-refractivity contribution in [3.05, 3.63) is 32.0 Å². The Morgan fingerprint density at radius 1 is 1.31 bits per heavy atom. The van der Waals surface area contributed by atoms with E-state index in [1.165, 1.54) is 0 Å². The van der Waals surface area contributed by atoms with Gasteiger partial charge in [0, 0.05) is 30.0 Å². The Bertz CT molecular complexity index is 476. The van der Waals surface area contributed by atoms with Gasteiger partial charge in [-0.15, -0.1) is 11.3 Å². The van der Waals surface area contributed by atoms with E-state index in [2.05, 4.69) is 31.9 Å². The van der Waals surface area contributed by atoms with Gasteiger partial charge < -0.3 is 0 Å². The smallest absolute Gasteiger partial charge is 0.150 e. The quantitative estimate of drug-likeness (QED) is 0.719. The van der Waals surface area contributed by atoms with Crippen molar-refractivity contribution in [3.63, 3.8) is 0 Å². The van der Waals surface area contributed by atoms with Crippen LogP contribution < -0.4 is 0 Å². The molecule has 2 aromatic rings. The maximum atomic E-state index is 10.8. The fraction of sp³-hybridized carbons (Fsp3) is 0. The molecule has 4 heteroatoms. The Labute approximate surface area is 96.0 Å². The first kappa shape index (κ1) is 9.37. The van der Waals surface area contributed by atoms with Crippen LogP contribution in [0, 0.1) is 0 Å². The largest absolute Gasteiger partial charge is 0.298 e. The van der Waals surface area contributed by atoms with Crippen molar-refractivity contribution in [3.8, 4) is 0 Å². The van der Waals surface area contributed by atoms with Crippen LogP contribution in [0.4, 0.5) is 0 Å². The van der Waals surface area contributed by atoms with Gasteiger partial charge in [0.05, 0.1) is 0 Å². The summed E-state index contributed by atoms with van der Waals surface area (Å²) in [5.41, 5.74) is 0.720. The van der Waals surface area contributed by atoms with E-state index in [0.717, 1.165) is 30.9 Å². The number of halogens is 2. The van der Waals surface area contributed by atoms with Crippen molar-refractivity contribution in [1.29, 1.82) is 0 Å². The average molecular weight is 320 g/mol. The zero-order valence-corrected chi connectivity index (χ0v) is 10.4. The predicted octanol–water partition coefficient (Wildman–Crippen LogP) is 4.24. The van der Waals surface area contributed by atoms with Crippen LogP contribution in [0.2, 0.25) is 0 Å². The monoisotopic (exact) mass is 318 g/mol. The lowest BCUT2D eigenvalue weighted by Gasteiger charge is -1.97. The predicted molar refractivity (Wildman–Crippen MR) is 62.6 cm³/mol. The molecule has 2 rings (SSSR count). The van der Waals surface area contributed by atoms with Gasteiger partial charge in [0.2, 0.25) is 0 Å². The number of hydrogen-bond donors (Lipinski definition) is 0. The minimum Gasteiger partial charge on any atom is -0.298 e. The number of carbonyl (C=O) groups is 1. The van der Waals surface area contributed by atoms with Crippen LogP contribution in [0.15, 0.2) is 26.5 Å². The number of thiophene rings is 1. The molecule has 1 heterocycles. The number of carbonyl (C=O) groups excluding carboxylic acids is 1. The minimum absolute atomic E-state index is 0.720. The average Bonchev–Trinajstić information content (AvgIpc) is 2.46. The lowest BCUT2D eigenvalue weighted by Crippen LogP contribution is -1.80. The number of fused-ring (bicyclic) bond motifs is 1. The molecule has 0 N–H and O–H groups in total. The molecule has 0 aliphatic carbocycles. The highest BCUT2D eigenvalue weighted by Crippen LogP contribution is 2.34. The van der Waals surface area contributed by atoms with Gasteiger partial charge in [-0.3, -0.25) is 4.79 Å². The summed E-state index contributed by atoms with van der Waals surface area (Å²) < 4.78 is 3.04. The first-order valence-corrected chi connectivity index (χ1v) is 6.00. The van der Waals surface area contributed by atoms with E-state index in [1.807, 2.05) is 17.5 Å². The number of rotatable bonds is 1. The molecule has 13 heavy (non-hydrogen) atoms. The van der Waals surface area contributed by atoms with Crippen LogP contribution in [0.5, 0.6) is 0 Å². The zero-order chi connectivity index (χ0) is 9.42. The van der Waals surface area contributed by atoms with Crippen molar-refractivity contribution in [2.75, 3.05) is 0 Å². The summed E-state index contributed by atoms with van der Waals surface area (Å²) in [6.45, 7) is 0. The Morgan fingerprint density at radius 2 is 2.08 bits per heavy atom. The molecule has 0 saturated heterocycles. The molecule has 0 saturated carbocycles. The molecular formula is C9H4Br2OS. The van der Waals surface area contributed by atoms with Gasteiger partial charge >= 0.3 is 0 Å². The SMILES string of the molecule is O=Cc1cc(Br)cc2scc(Br)c12. The van der Waals surface area contributed by atoms with Gasteiger partial charge in [-0.25, -0.2) is 0 Å². The molecule has 0 fully saturated rings. The van der Waals surface area contributed by atoms with Gasteiger partial charge in [0.1, 0.15) is 0 Å². The third kappa shape index (κ3) is 1.58. The molecule has 0 aliphatic rings. The first-order chi connectivity index (χ1) is 6.22. The van der Waals surface area contributed by atoms with E-state index in [0.29, 0.717) is 0 Å². The molecule has 0 amide bonds. The number of benzene rings is 1. The molecule has 0 unspecified atom stereocenters. The molecule has 1 aromatic heterocycles. The molecular weight excluding hydrogens is 316 g/mol. The highest BCUT2D eigenvalue weighted by molar-refractivity contribution is 9.11. The Kier molecular flexibility index (Phi) is 2.53. The molecule has 0 bridgehead atoms. The number of aldehydes is 1. The van der Waals surface area contributed by atoms with Crippen molar-refractivity contribution in [2.45, 2.75) is 0 Å². The molecule has 0 aliphatic heterocycles. The topological polar surface area (TPSA) is 17.1 Å². The molecule has 1 nitrogen and oxygen atoms in total. The summed E-state index contributed by atoms with van der Waals surface area (Å²) in [6.07, 6.45) is 0.880. The lowest BCUT2D eigenvalue weighted by atomic mass is 10.1. The van der Waals surface area contributed by atoms with Gasteiger partial charge in [-0.05, 0) is 28.1 Å². The second kappa shape index (κ2) is 3.52. The third-order valence-corrected chi connectivity index (χ3v) is 4.07. The van der Waals surface area contributed by atoms with Gasteiger partial charge in [0.15, 0.2) is 6.29 Å². The van der Waals surface area contributed by atoms with E-state index in [1.54, 1.807) is 11.3 Å². The van der Waals surface area contributed by atoms with E-state index in [9.17, 15) is 4.79 Å². The zero-order valence-electron chi connectivity index (χ0n) is 6.38. The fourth-order valence-corrected chi connectivity index (χ4v) is 3.59. The maximum Gasteiger partial charge on any atom is 0.150 e. The number of hydrogen-bond acceptors (Lipinski definition) is 2. The Morgan fingerprint density at radius 3 is 2.77 bits per heavy atom. The van der Waals surface area contributed by atoms with Crippen molar-refractivity contribution >= 4 is 59.6 Å². The molecule has 0 radical (unpaired) electrons. The van der Waals surface area contributed by atoms with E-state index >= 15 is 0 Å². The van der Waals surface area contributed by atoms with E-state index in [4.69, 9.17) is 0 Å². The summed E-state index contributed by atoms with van der Waals surface area (Å²) in [7, 11) is 0. The molecule has 0 spiro atoms. The van der Waals surface area contributed by atoms with Crippen LogP contribution in [0.3, 0.4) is 0 Å². The molecule has 1 aromatic carbocycles. The maximum absolute atomic E-state index is 10.8. The summed E-state index contributed by atoms with van der Waals surface area (Å²) in [6, 6.07) is 3.84. The highest BCUT2D eigenvalue weighted by atomic mass is 79.9. The van der Waals surface area contributed by atoms with Crippen molar-refractivity contribution < 1.29 is 4.79 Å². The lowest BCUT2D eigenvalue weighted by molar-refractivity contribution is 0.112. The van der Waals surface area contributed by atoms with E-state index < -0.39 is 0 Å².